The molecule has 5 nitrogen and oxygen atoms in total. The summed E-state index contributed by atoms with van der Waals surface area (Å²) in [6, 6.07) is -0.638. The topological polar surface area (TPSA) is 84.2 Å². The molecule has 0 radical (unpaired) electrons. The zero-order valence-corrected chi connectivity index (χ0v) is 9.18. The van der Waals surface area contributed by atoms with Crippen molar-refractivity contribution in [2.45, 2.75) is 39.3 Å². The van der Waals surface area contributed by atoms with Gasteiger partial charge in [0.25, 0.3) is 0 Å². The molecule has 0 aliphatic rings. The summed E-state index contributed by atoms with van der Waals surface area (Å²) >= 11 is 0. The highest BCUT2D eigenvalue weighted by Crippen LogP contribution is 2.01. The molecule has 0 saturated heterocycles. The van der Waals surface area contributed by atoms with Gasteiger partial charge in [0.1, 0.15) is 6.04 Å². The van der Waals surface area contributed by atoms with Gasteiger partial charge < -0.3 is 16.4 Å². The first-order valence-corrected chi connectivity index (χ1v) is 4.66. The maximum atomic E-state index is 11.6. The van der Waals surface area contributed by atoms with Crippen molar-refractivity contribution in [2.24, 2.45) is 5.73 Å². The number of amides is 2. The van der Waals surface area contributed by atoms with Crippen molar-refractivity contribution in [3.05, 3.63) is 0 Å². The number of likely N-dealkylation sites (N-methyl/N-ethyl adjacent to an activating group) is 1. The van der Waals surface area contributed by atoms with Crippen molar-refractivity contribution in [1.82, 2.24) is 10.6 Å². The molecule has 14 heavy (non-hydrogen) atoms. The predicted molar refractivity (Wildman–Crippen MR) is 54.6 cm³/mol. The number of rotatable bonds is 5. The number of nitrogens with one attached hydrogen (secondary N) is 2. The molecule has 82 valence electrons. The molecule has 0 aromatic heterocycles. The highest BCUT2D eigenvalue weighted by atomic mass is 16.2. The number of nitrogens with two attached hydrogens (primary N) is 1. The molecule has 0 saturated carbocycles. The maximum Gasteiger partial charge on any atom is 0.240 e. The Morgan fingerprint density at radius 1 is 1.43 bits per heavy atom. The van der Waals surface area contributed by atoms with E-state index in [1.165, 1.54) is 0 Å². The lowest BCUT2D eigenvalue weighted by Gasteiger charge is -2.25. The minimum Gasteiger partial charge on any atom is -0.368 e. The first kappa shape index (κ1) is 12.9. The predicted octanol–water partition coefficient (Wildman–Crippen LogP) is -0.635. The van der Waals surface area contributed by atoms with E-state index in [0.29, 0.717) is 6.54 Å². The first-order chi connectivity index (χ1) is 6.31. The Labute approximate surface area is 84.4 Å². The lowest BCUT2D eigenvalue weighted by molar-refractivity contribution is -0.130. The number of primary amides is 1. The Bertz CT molecular complexity index is 226. The number of hydrogen-bond acceptors (Lipinski definition) is 3. The second kappa shape index (κ2) is 4.95. The molecule has 0 bridgehead atoms. The highest BCUT2D eigenvalue weighted by molar-refractivity contribution is 5.90. The largest absolute Gasteiger partial charge is 0.368 e. The summed E-state index contributed by atoms with van der Waals surface area (Å²) in [5.41, 5.74) is 4.35. The van der Waals surface area contributed by atoms with Gasteiger partial charge in [0.15, 0.2) is 0 Å². The van der Waals surface area contributed by atoms with Crippen LogP contribution in [0.15, 0.2) is 0 Å². The van der Waals surface area contributed by atoms with E-state index in [-0.39, 0.29) is 5.91 Å². The normalized spacial score (nSPS) is 13.4. The van der Waals surface area contributed by atoms with Crippen LogP contribution in [-0.4, -0.2) is 29.9 Å². The third-order valence-electron chi connectivity index (χ3n) is 1.96. The molecule has 0 heterocycles. The van der Waals surface area contributed by atoms with Crippen LogP contribution in [0.2, 0.25) is 0 Å². The van der Waals surface area contributed by atoms with Crippen LogP contribution in [0.5, 0.6) is 0 Å². The third-order valence-corrected chi connectivity index (χ3v) is 1.96. The zero-order valence-electron chi connectivity index (χ0n) is 9.18. The molecule has 2 amide bonds. The quantitative estimate of drug-likeness (QED) is 0.553. The second-order valence-electron chi connectivity index (χ2n) is 3.75. The SMILES string of the molecule is CCNC(C)(C)C(=O)NC(C)C(N)=O. The molecule has 0 aliphatic heterocycles. The Hall–Kier alpha value is -1.10. The summed E-state index contributed by atoms with van der Waals surface area (Å²) in [5.74, 6) is -0.767. The van der Waals surface area contributed by atoms with Gasteiger partial charge in [0, 0.05) is 0 Å². The van der Waals surface area contributed by atoms with Crippen LogP contribution in [-0.2, 0) is 9.59 Å². The number of hydrogen-bond donors (Lipinski definition) is 3. The molecule has 0 aromatic carbocycles. The Morgan fingerprint density at radius 2 is 1.93 bits per heavy atom. The van der Waals surface area contributed by atoms with Gasteiger partial charge in [-0.15, -0.1) is 0 Å². The van der Waals surface area contributed by atoms with Gasteiger partial charge in [-0.25, -0.2) is 0 Å². The van der Waals surface area contributed by atoms with Gasteiger partial charge in [-0.1, -0.05) is 6.92 Å². The van der Waals surface area contributed by atoms with E-state index in [1.54, 1.807) is 20.8 Å². The highest BCUT2D eigenvalue weighted by Gasteiger charge is 2.27. The van der Waals surface area contributed by atoms with Gasteiger partial charge in [-0.2, -0.15) is 0 Å². The van der Waals surface area contributed by atoms with Crippen LogP contribution in [0, 0.1) is 0 Å². The molecule has 5 heteroatoms. The van der Waals surface area contributed by atoms with Crippen LogP contribution in [0.25, 0.3) is 0 Å². The standard InChI is InChI=1S/C9H19N3O2/c1-5-11-9(3,4)8(14)12-6(2)7(10)13/h6,11H,5H2,1-4H3,(H2,10,13)(H,12,14). The van der Waals surface area contributed by atoms with Crippen molar-refractivity contribution in [3.8, 4) is 0 Å². The van der Waals surface area contributed by atoms with E-state index < -0.39 is 17.5 Å². The maximum absolute atomic E-state index is 11.6. The Balaban J connectivity index is 4.26. The Morgan fingerprint density at radius 3 is 2.29 bits per heavy atom. The van der Waals surface area contributed by atoms with E-state index in [9.17, 15) is 9.59 Å². The van der Waals surface area contributed by atoms with Crippen molar-refractivity contribution >= 4 is 11.8 Å². The van der Waals surface area contributed by atoms with E-state index in [2.05, 4.69) is 10.6 Å². The summed E-state index contributed by atoms with van der Waals surface area (Å²) in [5, 5.41) is 5.53. The van der Waals surface area contributed by atoms with E-state index >= 15 is 0 Å². The van der Waals surface area contributed by atoms with E-state index in [0.717, 1.165) is 0 Å². The van der Waals surface area contributed by atoms with Crippen LogP contribution in [0.1, 0.15) is 27.7 Å². The van der Waals surface area contributed by atoms with Gasteiger partial charge in [0.05, 0.1) is 5.54 Å². The minimum absolute atomic E-state index is 0.231. The average molecular weight is 201 g/mol. The summed E-state index contributed by atoms with van der Waals surface area (Å²) in [6.45, 7) is 7.65. The molecule has 0 fully saturated rings. The Kier molecular flexibility index (Phi) is 4.56. The van der Waals surface area contributed by atoms with Crippen molar-refractivity contribution < 1.29 is 9.59 Å². The van der Waals surface area contributed by atoms with Gasteiger partial charge >= 0.3 is 0 Å². The lowest BCUT2D eigenvalue weighted by atomic mass is 10.0. The average Bonchev–Trinajstić information content (AvgIpc) is 2.03. The smallest absolute Gasteiger partial charge is 0.240 e. The first-order valence-electron chi connectivity index (χ1n) is 4.66. The summed E-state index contributed by atoms with van der Waals surface area (Å²) in [6.07, 6.45) is 0. The molecule has 0 rings (SSSR count). The molecule has 0 aliphatic carbocycles. The van der Waals surface area contributed by atoms with E-state index in [1.807, 2.05) is 6.92 Å². The molecule has 0 aromatic rings. The van der Waals surface area contributed by atoms with Crippen molar-refractivity contribution in [1.29, 1.82) is 0 Å². The summed E-state index contributed by atoms with van der Waals surface area (Å²) in [7, 11) is 0. The molecule has 4 N–H and O–H groups in total. The van der Waals surface area contributed by atoms with Gasteiger partial charge in [0.2, 0.25) is 11.8 Å². The van der Waals surface area contributed by atoms with Crippen LogP contribution < -0.4 is 16.4 Å². The number of carbonyl (C=O) groups is 2. The van der Waals surface area contributed by atoms with Crippen LogP contribution in [0.3, 0.4) is 0 Å². The monoisotopic (exact) mass is 201 g/mol. The van der Waals surface area contributed by atoms with Gasteiger partial charge in [-0.05, 0) is 27.3 Å². The third kappa shape index (κ3) is 3.74. The molecule has 1 atom stereocenters. The summed E-state index contributed by atoms with van der Waals surface area (Å²) in [4.78, 5) is 22.3. The molecular formula is C9H19N3O2. The lowest BCUT2D eigenvalue weighted by Crippen LogP contribution is -2.56. The van der Waals surface area contributed by atoms with E-state index in [4.69, 9.17) is 5.73 Å². The molecule has 0 spiro atoms. The fourth-order valence-corrected chi connectivity index (χ4v) is 0.970. The minimum atomic E-state index is -0.682. The fraction of sp³-hybridized carbons (Fsp3) is 0.778. The van der Waals surface area contributed by atoms with Gasteiger partial charge in [-0.3, -0.25) is 9.59 Å². The van der Waals surface area contributed by atoms with Crippen LogP contribution in [0.4, 0.5) is 0 Å². The molecular weight excluding hydrogens is 182 g/mol. The van der Waals surface area contributed by atoms with Crippen molar-refractivity contribution in [3.63, 3.8) is 0 Å². The summed E-state index contributed by atoms with van der Waals surface area (Å²) < 4.78 is 0. The zero-order chi connectivity index (χ0) is 11.4. The second-order valence-corrected chi connectivity index (χ2v) is 3.75. The number of carbonyl (C=O) groups excluding carboxylic acids is 2. The van der Waals surface area contributed by atoms with Crippen LogP contribution >= 0.6 is 0 Å². The van der Waals surface area contributed by atoms with Crippen molar-refractivity contribution in [2.75, 3.05) is 6.54 Å². The fourth-order valence-electron chi connectivity index (χ4n) is 0.970. The molecule has 1 unspecified atom stereocenters.